The molecule has 2 aromatic carbocycles. The molecule has 0 spiro atoms. The summed E-state index contributed by atoms with van der Waals surface area (Å²) in [5.74, 6) is -2.33. The maximum Gasteiger partial charge on any atom is 0.338 e. The third kappa shape index (κ3) is 8.42. The van der Waals surface area contributed by atoms with E-state index in [9.17, 15) is 19.7 Å². The number of nitro benzene ring substituents is 1. The smallest absolute Gasteiger partial charge is 0.338 e. The molecule has 2 aromatic rings. The summed E-state index contributed by atoms with van der Waals surface area (Å²) in [4.78, 5) is 40.6. The molecule has 0 bridgehead atoms. The summed E-state index contributed by atoms with van der Waals surface area (Å²) >= 11 is 0. The van der Waals surface area contributed by atoms with Crippen molar-refractivity contribution in [2.45, 2.75) is 64.0 Å². The second-order valence-electron chi connectivity index (χ2n) is 10.9. The molecule has 2 atom stereocenters. The molecule has 4 N–H and O–H groups in total. The Kier molecular flexibility index (Phi) is 11.3. The van der Waals surface area contributed by atoms with Crippen LogP contribution in [0.25, 0.3) is 0 Å². The fourth-order valence-corrected chi connectivity index (χ4v) is 5.62. The summed E-state index contributed by atoms with van der Waals surface area (Å²) in [5.41, 5.74) is 8.27. The number of esters is 2. The van der Waals surface area contributed by atoms with Crippen molar-refractivity contribution in [1.29, 1.82) is 0 Å². The Morgan fingerprint density at radius 1 is 1.07 bits per heavy atom. The van der Waals surface area contributed by atoms with E-state index < -0.39 is 28.9 Å². The number of rotatable bonds is 13. The van der Waals surface area contributed by atoms with Crippen molar-refractivity contribution in [3.63, 3.8) is 0 Å². The van der Waals surface area contributed by atoms with Gasteiger partial charge in [0.1, 0.15) is 11.9 Å². The number of ether oxygens (including phenoxy) is 2. The largest absolute Gasteiger partial charge is 0.462 e. The predicted molar refractivity (Wildman–Crippen MR) is 160 cm³/mol. The molecular weight excluding hydrogens is 552 g/mol. The van der Waals surface area contributed by atoms with Crippen LogP contribution in [0.3, 0.4) is 0 Å². The number of aliphatic hydroxyl groups excluding tert-OH is 1. The van der Waals surface area contributed by atoms with Gasteiger partial charge in [-0.1, -0.05) is 48.9 Å². The summed E-state index contributed by atoms with van der Waals surface area (Å²) in [7, 11) is 0. The fourth-order valence-electron chi connectivity index (χ4n) is 5.62. The van der Waals surface area contributed by atoms with Gasteiger partial charge in [-0.25, -0.2) is 9.59 Å². The Morgan fingerprint density at radius 3 is 2.58 bits per heavy atom. The van der Waals surface area contributed by atoms with Gasteiger partial charge < -0.3 is 25.6 Å². The molecule has 0 radical (unpaired) electrons. The summed E-state index contributed by atoms with van der Waals surface area (Å²) in [6.45, 7) is 4.07. The minimum absolute atomic E-state index is 0.0150. The SMILES string of the molecule is CC1=C(C(=O)OCCCCCCO)C(c2cccc([N+](=O)[O-])c2)C(C(=O)OC2CCCN(Cc3ccccc3)C2)=C(N)N1. The molecule has 43 heavy (non-hydrogen) atoms. The molecule has 0 saturated carbocycles. The fraction of sp³-hybridized carbons (Fsp3) is 0.438. The van der Waals surface area contributed by atoms with Crippen LogP contribution in [-0.4, -0.2) is 59.3 Å². The molecule has 0 aliphatic carbocycles. The number of benzene rings is 2. The zero-order valence-electron chi connectivity index (χ0n) is 24.5. The number of carbonyl (C=O) groups excluding carboxylic acids is 2. The third-order valence-electron chi connectivity index (χ3n) is 7.72. The van der Waals surface area contributed by atoms with E-state index in [1.54, 1.807) is 13.0 Å². The molecule has 0 amide bonds. The molecule has 11 heteroatoms. The first-order valence-electron chi connectivity index (χ1n) is 14.8. The van der Waals surface area contributed by atoms with Crippen molar-refractivity contribution in [2.75, 3.05) is 26.3 Å². The Labute approximate surface area is 251 Å². The van der Waals surface area contributed by atoms with Crippen molar-refractivity contribution >= 4 is 17.6 Å². The molecule has 2 aliphatic rings. The monoisotopic (exact) mass is 592 g/mol. The van der Waals surface area contributed by atoms with Gasteiger partial charge in [0.05, 0.1) is 28.6 Å². The summed E-state index contributed by atoms with van der Waals surface area (Å²) in [5, 5.41) is 23.5. The normalized spacial score (nSPS) is 19.1. The average Bonchev–Trinajstić information content (AvgIpc) is 2.99. The molecule has 0 aromatic heterocycles. The van der Waals surface area contributed by atoms with Crippen LogP contribution < -0.4 is 11.1 Å². The summed E-state index contributed by atoms with van der Waals surface area (Å²) in [6.07, 6.45) is 4.02. The van der Waals surface area contributed by atoms with E-state index in [4.69, 9.17) is 20.3 Å². The van der Waals surface area contributed by atoms with E-state index in [1.165, 1.54) is 23.8 Å². The van der Waals surface area contributed by atoms with E-state index in [0.717, 1.165) is 32.4 Å². The van der Waals surface area contributed by atoms with Crippen LogP contribution in [0.2, 0.25) is 0 Å². The van der Waals surface area contributed by atoms with Crippen LogP contribution in [0, 0.1) is 10.1 Å². The van der Waals surface area contributed by atoms with Gasteiger partial charge in [0.2, 0.25) is 0 Å². The lowest BCUT2D eigenvalue weighted by atomic mass is 9.81. The predicted octanol–water partition coefficient (Wildman–Crippen LogP) is 4.03. The van der Waals surface area contributed by atoms with Crippen molar-refractivity contribution in [3.8, 4) is 0 Å². The molecule has 2 heterocycles. The highest BCUT2D eigenvalue weighted by Crippen LogP contribution is 2.39. The first-order chi connectivity index (χ1) is 20.8. The second-order valence-corrected chi connectivity index (χ2v) is 10.9. The lowest BCUT2D eigenvalue weighted by Gasteiger charge is -2.34. The number of nitro groups is 1. The molecular formula is C32H40N4O7. The lowest BCUT2D eigenvalue weighted by Crippen LogP contribution is -2.42. The lowest BCUT2D eigenvalue weighted by molar-refractivity contribution is -0.384. The van der Waals surface area contributed by atoms with Crippen molar-refractivity contribution < 1.29 is 29.1 Å². The van der Waals surface area contributed by atoms with Crippen LogP contribution >= 0.6 is 0 Å². The van der Waals surface area contributed by atoms with Crippen LogP contribution in [0.5, 0.6) is 0 Å². The van der Waals surface area contributed by atoms with Crippen molar-refractivity contribution in [1.82, 2.24) is 10.2 Å². The molecule has 2 unspecified atom stereocenters. The molecule has 2 aliphatic heterocycles. The maximum absolute atomic E-state index is 13.8. The number of aliphatic hydroxyl groups is 1. The highest BCUT2D eigenvalue weighted by atomic mass is 16.6. The summed E-state index contributed by atoms with van der Waals surface area (Å²) in [6, 6.07) is 15.9. The topological polar surface area (TPSA) is 157 Å². The van der Waals surface area contributed by atoms with Crippen LogP contribution in [0.1, 0.15) is 62.5 Å². The van der Waals surface area contributed by atoms with Crippen LogP contribution in [0.15, 0.2) is 77.3 Å². The Balaban J connectivity index is 1.56. The first kappa shape index (κ1) is 31.7. The Bertz CT molecular complexity index is 1360. The molecule has 11 nitrogen and oxygen atoms in total. The van der Waals surface area contributed by atoms with Crippen molar-refractivity contribution in [2.24, 2.45) is 5.73 Å². The highest BCUT2D eigenvalue weighted by molar-refractivity contribution is 6.00. The summed E-state index contributed by atoms with van der Waals surface area (Å²) < 4.78 is 11.6. The highest BCUT2D eigenvalue weighted by Gasteiger charge is 2.40. The Hall–Kier alpha value is -4.22. The molecule has 230 valence electrons. The third-order valence-corrected chi connectivity index (χ3v) is 7.72. The van der Waals surface area contributed by atoms with Gasteiger partial charge >= 0.3 is 11.9 Å². The number of nitrogens with one attached hydrogen (secondary N) is 1. The van der Waals surface area contributed by atoms with E-state index in [-0.39, 0.29) is 35.9 Å². The van der Waals surface area contributed by atoms with Gasteiger partial charge in [-0.2, -0.15) is 0 Å². The number of allylic oxidation sites excluding steroid dienone is 1. The number of dihydropyridines is 1. The van der Waals surface area contributed by atoms with Crippen LogP contribution in [-0.2, 0) is 25.6 Å². The number of carbonyl (C=O) groups is 2. The van der Waals surface area contributed by atoms with Gasteiger partial charge in [-0.3, -0.25) is 15.0 Å². The molecule has 1 fully saturated rings. The van der Waals surface area contributed by atoms with Crippen LogP contribution in [0.4, 0.5) is 5.69 Å². The standard InChI is InChI=1S/C32H40N4O7/c1-22-27(31(38)42-18-8-3-2-7-17-37)28(24-13-9-14-25(19-24)36(40)41)29(30(33)34-22)32(39)43-26-15-10-16-35(21-26)20-23-11-5-4-6-12-23/h4-6,9,11-14,19,26,28,34,37H,2-3,7-8,10,15-18,20-21,33H2,1H3. The number of hydrogen-bond donors (Lipinski definition) is 3. The Morgan fingerprint density at radius 2 is 1.84 bits per heavy atom. The number of unbranched alkanes of at least 4 members (excludes halogenated alkanes) is 3. The maximum atomic E-state index is 13.8. The van der Waals surface area contributed by atoms with Gasteiger partial charge in [0.25, 0.3) is 5.69 Å². The number of non-ortho nitro benzene ring substituents is 1. The zero-order valence-corrected chi connectivity index (χ0v) is 24.5. The number of piperidine rings is 1. The first-order valence-corrected chi connectivity index (χ1v) is 14.8. The van der Waals surface area contributed by atoms with E-state index in [1.807, 2.05) is 18.2 Å². The second kappa shape index (κ2) is 15.3. The number of nitrogens with zero attached hydrogens (tertiary/aromatic N) is 2. The van der Waals surface area contributed by atoms with Crippen molar-refractivity contribution in [3.05, 3.63) is 98.5 Å². The van der Waals surface area contributed by atoms with E-state index >= 15 is 0 Å². The molecule has 4 rings (SSSR count). The minimum Gasteiger partial charge on any atom is -0.462 e. The van der Waals surface area contributed by atoms with Gasteiger partial charge in [0, 0.05) is 37.5 Å². The van der Waals surface area contributed by atoms with E-state index in [2.05, 4.69) is 22.3 Å². The average molecular weight is 593 g/mol. The number of likely N-dealkylation sites (tertiary alicyclic amines) is 1. The van der Waals surface area contributed by atoms with Gasteiger partial charge in [-0.15, -0.1) is 0 Å². The number of nitrogens with two attached hydrogens (primary N) is 1. The van der Waals surface area contributed by atoms with E-state index in [0.29, 0.717) is 37.1 Å². The molecule has 1 saturated heterocycles. The van der Waals surface area contributed by atoms with Gasteiger partial charge in [0.15, 0.2) is 0 Å². The minimum atomic E-state index is -1.03. The number of hydrogen-bond acceptors (Lipinski definition) is 10. The van der Waals surface area contributed by atoms with Gasteiger partial charge in [-0.05, 0) is 56.7 Å². The zero-order chi connectivity index (χ0) is 30.8. The quantitative estimate of drug-likeness (QED) is 0.134.